The van der Waals surface area contributed by atoms with Gasteiger partial charge in [-0.1, -0.05) is 11.6 Å². The summed E-state index contributed by atoms with van der Waals surface area (Å²) in [6.07, 6.45) is 1.47. The molecule has 1 fully saturated rings. The number of carbonyl (C=O) groups excluding carboxylic acids is 2. The van der Waals surface area contributed by atoms with E-state index in [4.69, 9.17) is 21.1 Å². The first-order chi connectivity index (χ1) is 11.9. The summed E-state index contributed by atoms with van der Waals surface area (Å²) in [6, 6.07) is 3.76. The van der Waals surface area contributed by atoms with Crippen LogP contribution in [-0.2, 0) is 14.3 Å². The number of nitrogens with zero attached hydrogens (tertiary/aromatic N) is 1. The lowest BCUT2D eigenvalue weighted by Gasteiger charge is -2.32. The smallest absolute Gasteiger partial charge is 0.260 e. The Morgan fingerprint density at radius 3 is 2.36 bits per heavy atom. The Bertz CT molecular complexity index is 604. The van der Waals surface area contributed by atoms with E-state index in [-0.39, 0.29) is 31.1 Å². The molecular formula is C18H25ClN2O4. The van der Waals surface area contributed by atoms with Crippen LogP contribution in [0.2, 0.25) is 5.02 Å². The minimum atomic E-state index is -0.121. The summed E-state index contributed by atoms with van der Waals surface area (Å²) in [4.78, 5) is 25.6. The molecule has 2 rings (SSSR count). The van der Waals surface area contributed by atoms with Crippen LogP contribution >= 0.6 is 11.6 Å². The molecule has 138 valence electrons. The predicted molar refractivity (Wildman–Crippen MR) is 96.0 cm³/mol. The number of carbonyl (C=O) groups is 2. The zero-order valence-electron chi connectivity index (χ0n) is 14.9. The van der Waals surface area contributed by atoms with E-state index in [9.17, 15) is 9.59 Å². The average molecular weight is 369 g/mol. The molecule has 7 heteroatoms. The molecule has 0 unspecified atom stereocenters. The van der Waals surface area contributed by atoms with Crippen molar-refractivity contribution in [3.8, 4) is 5.75 Å². The maximum absolute atomic E-state index is 12.3. The Kier molecular flexibility index (Phi) is 7.08. The summed E-state index contributed by atoms with van der Waals surface area (Å²) in [5, 5.41) is 3.63. The van der Waals surface area contributed by atoms with Crippen molar-refractivity contribution >= 4 is 23.4 Å². The summed E-state index contributed by atoms with van der Waals surface area (Å²) in [6.45, 7) is 5.10. The zero-order chi connectivity index (χ0) is 18.4. The quantitative estimate of drug-likeness (QED) is 0.834. The van der Waals surface area contributed by atoms with Crippen molar-refractivity contribution in [2.24, 2.45) is 0 Å². The molecule has 0 aromatic heterocycles. The Hall–Kier alpha value is -1.79. The summed E-state index contributed by atoms with van der Waals surface area (Å²) in [5.74, 6) is 0.477. The zero-order valence-corrected chi connectivity index (χ0v) is 15.7. The van der Waals surface area contributed by atoms with Crippen molar-refractivity contribution in [3.05, 3.63) is 28.3 Å². The number of likely N-dealkylation sites (tertiary alicyclic amines) is 1. The van der Waals surface area contributed by atoms with Crippen LogP contribution in [-0.4, -0.2) is 56.2 Å². The van der Waals surface area contributed by atoms with Gasteiger partial charge in [-0.05, 0) is 49.9 Å². The lowest BCUT2D eigenvalue weighted by atomic mass is 10.1. The number of ether oxygens (including phenoxy) is 2. The molecule has 0 bridgehead atoms. The summed E-state index contributed by atoms with van der Waals surface area (Å²) in [5.41, 5.74) is 1.86. The largest absolute Gasteiger partial charge is 0.484 e. The van der Waals surface area contributed by atoms with Gasteiger partial charge in [0.1, 0.15) is 12.4 Å². The van der Waals surface area contributed by atoms with Crippen molar-refractivity contribution in [1.82, 2.24) is 10.2 Å². The minimum Gasteiger partial charge on any atom is -0.484 e. The van der Waals surface area contributed by atoms with E-state index in [0.717, 1.165) is 29.0 Å². The summed E-state index contributed by atoms with van der Waals surface area (Å²) in [7, 11) is 1.49. The molecule has 6 nitrogen and oxygen atoms in total. The van der Waals surface area contributed by atoms with E-state index in [2.05, 4.69) is 5.32 Å². The van der Waals surface area contributed by atoms with E-state index in [0.29, 0.717) is 18.8 Å². The van der Waals surface area contributed by atoms with E-state index >= 15 is 0 Å². The Morgan fingerprint density at radius 2 is 1.80 bits per heavy atom. The number of benzene rings is 1. The third-order valence-electron chi connectivity index (χ3n) is 4.26. The average Bonchev–Trinajstić information content (AvgIpc) is 2.58. The second-order valence-corrected chi connectivity index (χ2v) is 6.69. The third-order valence-corrected chi connectivity index (χ3v) is 4.86. The van der Waals surface area contributed by atoms with Crippen LogP contribution in [0.5, 0.6) is 5.75 Å². The Morgan fingerprint density at radius 1 is 1.20 bits per heavy atom. The molecule has 1 aromatic rings. The highest BCUT2D eigenvalue weighted by atomic mass is 35.5. The maximum Gasteiger partial charge on any atom is 0.260 e. The SMILES string of the molecule is COCC(=O)NC1CCN(C(=O)COc2cc(C)c(Cl)c(C)c2)CC1. The number of methoxy groups -OCH3 is 1. The number of hydrogen-bond acceptors (Lipinski definition) is 4. The van der Waals surface area contributed by atoms with Crippen LogP contribution in [0.1, 0.15) is 24.0 Å². The van der Waals surface area contributed by atoms with Gasteiger partial charge in [-0.2, -0.15) is 0 Å². The molecule has 0 spiro atoms. The predicted octanol–water partition coefficient (Wildman–Crippen LogP) is 2.09. The molecule has 1 aliphatic heterocycles. The molecule has 1 aromatic carbocycles. The number of amides is 2. The van der Waals surface area contributed by atoms with Gasteiger partial charge in [0.2, 0.25) is 5.91 Å². The van der Waals surface area contributed by atoms with Crippen molar-refractivity contribution < 1.29 is 19.1 Å². The lowest BCUT2D eigenvalue weighted by Crippen LogP contribution is -2.48. The van der Waals surface area contributed by atoms with Crippen LogP contribution in [0.25, 0.3) is 0 Å². The molecule has 1 saturated heterocycles. The summed E-state index contributed by atoms with van der Waals surface area (Å²) >= 11 is 6.13. The molecule has 2 amide bonds. The molecule has 1 aliphatic rings. The Balaban J connectivity index is 1.78. The third kappa shape index (κ3) is 5.61. The van der Waals surface area contributed by atoms with Gasteiger partial charge in [0.05, 0.1) is 0 Å². The highest BCUT2D eigenvalue weighted by Gasteiger charge is 2.24. The normalized spacial score (nSPS) is 15.1. The fraction of sp³-hybridized carbons (Fsp3) is 0.556. The second kappa shape index (κ2) is 9.06. The fourth-order valence-corrected chi connectivity index (χ4v) is 3.01. The molecule has 1 heterocycles. The standard InChI is InChI=1S/C18H25ClN2O4/c1-12-8-15(9-13(2)18(12)19)25-11-17(23)21-6-4-14(5-7-21)20-16(22)10-24-3/h8-9,14H,4-7,10-11H2,1-3H3,(H,20,22). The van der Waals surface area contributed by atoms with Gasteiger partial charge in [0.25, 0.3) is 5.91 Å². The highest BCUT2D eigenvalue weighted by Crippen LogP contribution is 2.25. The number of halogens is 1. The number of nitrogens with one attached hydrogen (secondary N) is 1. The molecular weight excluding hydrogens is 344 g/mol. The summed E-state index contributed by atoms with van der Waals surface area (Å²) < 4.78 is 10.4. The highest BCUT2D eigenvalue weighted by molar-refractivity contribution is 6.32. The molecule has 1 N–H and O–H groups in total. The van der Waals surface area contributed by atoms with Gasteiger partial charge in [0, 0.05) is 31.3 Å². The van der Waals surface area contributed by atoms with Crippen LogP contribution < -0.4 is 10.1 Å². The Labute approximate surface area is 153 Å². The molecule has 0 saturated carbocycles. The van der Waals surface area contributed by atoms with Gasteiger partial charge in [0.15, 0.2) is 6.61 Å². The van der Waals surface area contributed by atoms with Crippen molar-refractivity contribution in [2.45, 2.75) is 32.7 Å². The molecule has 0 atom stereocenters. The van der Waals surface area contributed by atoms with Crippen LogP contribution in [0.3, 0.4) is 0 Å². The first kappa shape index (κ1) is 19.5. The van der Waals surface area contributed by atoms with E-state index < -0.39 is 0 Å². The van der Waals surface area contributed by atoms with Gasteiger partial charge in [-0.25, -0.2) is 0 Å². The lowest BCUT2D eigenvalue weighted by molar-refractivity contribution is -0.134. The van der Waals surface area contributed by atoms with E-state index in [1.807, 2.05) is 26.0 Å². The fourth-order valence-electron chi connectivity index (χ4n) is 2.90. The van der Waals surface area contributed by atoms with Crippen molar-refractivity contribution in [3.63, 3.8) is 0 Å². The van der Waals surface area contributed by atoms with Gasteiger partial charge in [-0.15, -0.1) is 0 Å². The van der Waals surface area contributed by atoms with Crippen molar-refractivity contribution in [1.29, 1.82) is 0 Å². The molecule has 25 heavy (non-hydrogen) atoms. The number of aryl methyl sites for hydroxylation is 2. The van der Waals surface area contributed by atoms with E-state index in [1.54, 1.807) is 4.90 Å². The van der Waals surface area contributed by atoms with Gasteiger partial charge in [-0.3, -0.25) is 9.59 Å². The first-order valence-electron chi connectivity index (χ1n) is 8.36. The first-order valence-corrected chi connectivity index (χ1v) is 8.74. The topological polar surface area (TPSA) is 67.9 Å². The number of hydrogen-bond donors (Lipinski definition) is 1. The second-order valence-electron chi connectivity index (χ2n) is 6.32. The van der Waals surface area contributed by atoms with Gasteiger partial charge >= 0.3 is 0 Å². The number of piperidine rings is 1. The maximum atomic E-state index is 12.3. The van der Waals surface area contributed by atoms with Crippen molar-refractivity contribution in [2.75, 3.05) is 33.4 Å². The molecule has 0 radical (unpaired) electrons. The minimum absolute atomic E-state index is 0.00120. The van der Waals surface area contributed by atoms with Crippen LogP contribution in [0.15, 0.2) is 12.1 Å². The van der Waals surface area contributed by atoms with Crippen LogP contribution in [0, 0.1) is 13.8 Å². The molecule has 0 aliphatic carbocycles. The van der Waals surface area contributed by atoms with Crippen LogP contribution in [0.4, 0.5) is 0 Å². The number of rotatable bonds is 6. The monoisotopic (exact) mass is 368 g/mol. The van der Waals surface area contributed by atoms with E-state index in [1.165, 1.54) is 7.11 Å². The van der Waals surface area contributed by atoms with Gasteiger partial charge < -0.3 is 19.7 Å².